The average Bonchev–Trinajstić information content (AvgIpc) is 3.27. The Kier molecular flexibility index (Phi) is 13.9. The number of ether oxygens (including phenoxy) is 3. The van der Waals surface area contributed by atoms with E-state index in [2.05, 4.69) is 51.0 Å². The van der Waals surface area contributed by atoms with E-state index >= 15 is 0 Å². The predicted molar refractivity (Wildman–Crippen MR) is 232 cm³/mol. The molecule has 1 amide bonds. The van der Waals surface area contributed by atoms with Crippen LogP contribution in [0.25, 0.3) is 11.1 Å². The van der Waals surface area contributed by atoms with E-state index < -0.39 is 6.04 Å². The first kappa shape index (κ1) is 42.1. The van der Waals surface area contributed by atoms with E-state index in [0.29, 0.717) is 66.3 Å². The van der Waals surface area contributed by atoms with E-state index in [0.717, 1.165) is 55.3 Å². The van der Waals surface area contributed by atoms with Crippen LogP contribution in [0.5, 0.6) is 17.2 Å². The molecule has 0 spiro atoms. The highest BCUT2D eigenvalue weighted by molar-refractivity contribution is 7.97. The third kappa shape index (κ3) is 10.4. The van der Waals surface area contributed by atoms with E-state index in [1.807, 2.05) is 79.7 Å². The first-order valence-electron chi connectivity index (χ1n) is 19.1. The fourth-order valence-electron chi connectivity index (χ4n) is 6.93. The lowest BCUT2D eigenvalue weighted by Gasteiger charge is -2.36. The molecule has 2 N–H and O–H groups in total. The molecule has 3 heterocycles. The van der Waals surface area contributed by atoms with Gasteiger partial charge in [0, 0.05) is 24.2 Å². The molecule has 8 rings (SSSR count). The number of nitrogens with zero attached hydrogens (tertiary/aromatic N) is 3. The number of nitrogens with one attached hydrogen (secondary N) is 1. The Morgan fingerprint density at radius 3 is 2.35 bits per heavy atom. The van der Waals surface area contributed by atoms with Crippen molar-refractivity contribution in [3.63, 3.8) is 0 Å². The number of carbonyl (C=O) groups excluding carboxylic acids is 1. The Balaban J connectivity index is 0.00000176. The second kappa shape index (κ2) is 19.8. The minimum absolute atomic E-state index is 0.0248. The highest BCUT2D eigenvalue weighted by atomic mass is 35.5. The van der Waals surface area contributed by atoms with Crippen molar-refractivity contribution in [1.82, 2.24) is 14.6 Å². The summed E-state index contributed by atoms with van der Waals surface area (Å²) in [4.78, 5) is 27.8. The first-order chi connectivity index (χ1) is 29.2. The van der Waals surface area contributed by atoms with Gasteiger partial charge in [-0.3, -0.25) is 14.6 Å². The molecule has 0 saturated carbocycles. The smallest absolute Gasteiger partial charge is 0.290 e. The molecule has 0 aliphatic carbocycles. The van der Waals surface area contributed by atoms with Crippen molar-refractivity contribution in [2.75, 3.05) is 13.2 Å². The molecular formula is C47H40Cl2N4O6S. The number of halogens is 2. The van der Waals surface area contributed by atoms with E-state index in [4.69, 9.17) is 52.6 Å². The molecule has 60 heavy (non-hydrogen) atoms. The van der Waals surface area contributed by atoms with Gasteiger partial charge in [-0.05, 0) is 131 Å². The molecule has 2 unspecified atom stereocenters. The zero-order valence-electron chi connectivity index (χ0n) is 32.5. The van der Waals surface area contributed by atoms with Gasteiger partial charge in [-0.25, -0.2) is 4.31 Å². The van der Waals surface area contributed by atoms with Crippen LogP contribution in [0.1, 0.15) is 45.2 Å². The van der Waals surface area contributed by atoms with E-state index in [1.54, 1.807) is 30.3 Å². The molecular weight excluding hydrogens is 820 g/mol. The van der Waals surface area contributed by atoms with E-state index in [9.17, 15) is 4.79 Å². The summed E-state index contributed by atoms with van der Waals surface area (Å²) in [5, 5.41) is 20.2. The number of amides is 1. The van der Waals surface area contributed by atoms with Crippen LogP contribution in [0.4, 0.5) is 0 Å². The summed E-state index contributed by atoms with van der Waals surface area (Å²) in [6, 6.07) is 39.0. The van der Waals surface area contributed by atoms with Crippen molar-refractivity contribution >= 4 is 47.5 Å². The van der Waals surface area contributed by atoms with Crippen LogP contribution in [-0.4, -0.2) is 46.0 Å². The Morgan fingerprint density at radius 2 is 1.65 bits per heavy atom. The van der Waals surface area contributed by atoms with Gasteiger partial charge in [0.05, 0.1) is 27.4 Å². The molecule has 0 fully saturated rings. The molecule has 0 saturated heterocycles. The number of aromatic nitrogens is 1. The average molecular weight is 860 g/mol. The van der Waals surface area contributed by atoms with Gasteiger partial charge >= 0.3 is 0 Å². The monoisotopic (exact) mass is 858 g/mol. The standard InChI is InChI=1S/C46H38Cl2N4O4S.CH2O2/c1-29-45(3-2-19-50-29)57-52-26-37-24-43-42(55-28-44(56-43)35-13-15-38(16-14-35)54-27-32-8-17-39(47)40(48)21-32)23-36(37)22-41(52)46(53)51-20-18-30-4-9-33(10-5-30)34-11-6-31(25-49)7-12-34;2-1-3/h2-17,19,21,23-24,41,44H,18,20,22,26-28H2,1H3,(H,51,53);1H,(H,2,3). The van der Waals surface area contributed by atoms with Crippen molar-refractivity contribution in [2.45, 2.75) is 50.0 Å². The Bertz CT molecular complexity index is 2500. The molecule has 13 heteroatoms. The van der Waals surface area contributed by atoms with Crippen LogP contribution in [0.3, 0.4) is 0 Å². The number of nitriles is 1. The molecule has 5 aromatic carbocycles. The number of aryl methyl sites for hydroxylation is 1. The van der Waals surface area contributed by atoms with Crippen LogP contribution in [0.15, 0.2) is 126 Å². The van der Waals surface area contributed by atoms with Crippen LogP contribution in [-0.2, 0) is 35.6 Å². The van der Waals surface area contributed by atoms with Crippen molar-refractivity contribution in [1.29, 1.82) is 5.26 Å². The molecule has 2 atom stereocenters. The van der Waals surface area contributed by atoms with Gasteiger partial charge in [-0.2, -0.15) is 5.26 Å². The van der Waals surface area contributed by atoms with Crippen LogP contribution in [0, 0.1) is 18.3 Å². The summed E-state index contributed by atoms with van der Waals surface area (Å²) in [7, 11) is 0. The molecule has 2 aliphatic heterocycles. The number of hydrogen-bond donors (Lipinski definition) is 2. The number of carbonyl (C=O) groups is 2. The third-order valence-electron chi connectivity index (χ3n) is 10.1. The summed E-state index contributed by atoms with van der Waals surface area (Å²) in [5.74, 6) is 2.06. The number of carboxylic acid groups (broad SMARTS) is 1. The van der Waals surface area contributed by atoms with Gasteiger partial charge in [0.2, 0.25) is 5.91 Å². The van der Waals surface area contributed by atoms with E-state index in [-0.39, 0.29) is 18.5 Å². The van der Waals surface area contributed by atoms with Crippen molar-refractivity contribution in [2.24, 2.45) is 0 Å². The van der Waals surface area contributed by atoms with Crippen LogP contribution < -0.4 is 19.5 Å². The Hall–Kier alpha value is -6.03. The number of rotatable bonds is 11. The molecule has 2 aliphatic rings. The Morgan fingerprint density at radius 1 is 0.950 bits per heavy atom. The third-order valence-corrected chi connectivity index (χ3v) is 12.1. The summed E-state index contributed by atoms with van der Waals surface area (Å²) in [6.07, 6.45) is 2.71. The maximum atomic E-state index is 13.9. The summed E-state index contributed by atoms with van der Waals surface area (Å²) >= 11 is 13.8. The molecule has 304 valence electrons. The van der Waals surface area contributed by atoms with Crippen LogP contribution >= 0.6 is 35.1 Å². The van der Waals surface area contributed by atoms with Gasteiger partial charge in [-0.1, -0.05) is 77.8 Å². The second-order valence-corrected chi connectivity index (χ2v) is 16.0. The van der Waals surface area contributed by atoms with Gasteiger partial charge in [0.15, 0.2) is 17.6 Å². The molecule has 10 nitrogen and oxygen atoms in total. The SMILES string of the molecule is Cc1ncccc1SN1Cc2cc3c(cc2CC1C(=O)NCCc1ccc(-c2ccc(C#N)cc2)cc1)OCC(c1ccc(OCc2ccc(Cl)c(Cl)c2)cc1)O3.O=CO. The van der Waals surface area contributed by atoms with Gasteiger partial charge in [-0.15, -0.1) is 0 Å². The summed E-state index contributed by atoms with van der Waals surface area (Å²) < 4.78 is 21.0. The number of pyridine rings is 1. The lowest BCUT2D eigenvalue weighted by atomic mass is 9.94. The number of hydrogen-bond acceptors (Lipinski definition) is 9. The number of benzene rings is 5. The highest BCUT2D eigenvalue weighted by Crippen LogP contribution is 2.43. The maximum absolute atomic E-state index is 13.9. The van der Waals surface area contributed by atoms with Gasteiger partial charge < -0.3 is 24.6 Å². The number of fused-ring (bicyclic) bond motifs is 2. The largest absolute Gasteiger partial charge is 0.489 e. The lowest BCUT2D eigenvalue weighted by Crippen LogP contribution is -2.47. The summed E-state index contributed by atoms with van der Waals surface area (Å²) in [6.45, 7) is 3.51. The molecule has 0 bridgehead atoms. The second-order valence-electron chi connectivity index (χ2n) is 14.1. The van der Waals surface area contributed by atoms with E-state index in [1.165, 1.54) is 0 Å². The van der Waals surface area contributed by atoms with Gasteiger partial charge in [0.1, 0.15) is 25.0 Å². The maximum Gasteiger partial charge on any atom is 0.290 e. The highest BCUT2D eigenvalue weighted by Gasteiger charge is 2.35. The van der Waals surface area contributed by atoms with Crippen molar-refractivity contribution in [3.05, 3.63) is 171 Å². The minimum atomic E-state index is -0.409. The zero-order valence-corrected chi connectivity index (χ0v) is 34.8. The van der Waals surface area contributed by atoms with Crippen molar-refractivity contribution < 1.29 is 28.9 Å². The van der Waals surface area contributed by atoms with Crippen molar-refractivity contribution in [3.8, 4) is 34.4 Å². The molecule has 6 aromatic rings. The predicted octanol–water partition coefficient (Wildman–Crippen LogP) is 9.82. The zero-order chi connectivity index (χ0) is 42.0. The lowest BCUT2D eigenvalue weighted by molar-refractivity contribution is -0.125. The first-order valence-corrected chi connectivity index (χ1v) is 20.7. The fourth-order valence-corrected chi connectivity index (χ4v) is 8.33. The topological polar surface area (TPSA) is 134 Å². The Labute approximate surface area is 362 Å². The molecule has 0 radical (unpaired) electrons. The van der Waals surface area contributed by atoms with Crippen LogP contribution in [0.2, 0.25) is 10.0 Å². The minimum Gasteiger partial charge on any atom is -0.489 e. The quantitative estimate of drug-likeness (QED) is 0.0958. The molecule has 1 aromatic heterocycles. The van der Waals surface area contributed by atoms with Gasteiger partial charge in [0.25, 0.3) is 6.47 Å². The normalized spacial score (nSPS) is 15.4. The fraction of sp³-hybridized carbons (Fsp3) is 0.191. The summed E-state index contributed by atoms with van der Waals surface area (Å²) in [5.41, 5.74) is 8.87.